The largest absolute Gasteiger partial charge is 0.478 e. The van der Waals surface area contributed by atoms with Crippen LogP contribution in [0.1, 0.15) is 23.2 Å². The second-order valence-corrected chi connectivity index (χ2v) is 3.85. The average molecular weight is 223 g/mol. The van der Waals surface area contributed by atoms with Gasteiger partial charge >= 0.3 is 5.97 Å². The van der Waals surface area contributed by atoms with Gasteiger partial charge in [-0.15, -0.1) is 0 Å². The molecule has 1 saturated heterocycles. The van der Waals surface area contributed by atoms with E-state index in [9.17, 15) is 9.59 Å². The minimum absolute atomic E-state index is 0.0294. The van der Waals surface area contributed by atoms with Crippen LogP contribution in [0.25, 0.3) is 0 Å². The van der Waals surface area contributed by atoms with Gasteiger partial charge in [-0.3, -0.25) is 4.79 Å². The van der Waals surface area contributed by atoms with Crippen LogP contribution in [-0.4, -0.2) is 28.4 Å². The van der Waals surface area contributed by atoms with E-state index in [0.29, 0.717) is 6.54 Å². The van der Waals surface area contributed by atoms with Crippen molar-refractivity contribution in [3.8, 4) is 0 Å². The molecule has 0 amide bonds. The molecule has 1 aliphatic heterocycles. The van der Waals surface area contributed by atoms with Crippen molar-refractivity contribution in [2.75, 3.05) is 6.61 Å². The van der Waals surface area contributed by atoms with E-state index in [1.807, 2.05) is 0 Å². The Morgan fingerprint density at radius 1 is 1.56 bits per heavy atom. The second-order valence-electron chi connectivity index (χ2n) is 3.85. The summed E-state index contributed by atoms with van der Waals surface area (Å²) in [4.78, 5) is 22.3. The van der Waals surface area contributed by atoms with E-state index < -0.39 is 5.97 Å². The number of carboxylic acids is 1. The lowest BCUT2D eigenvalue weighted by Gasteiger charge is -2.11. The highest BCUT2D eigenvalue weighted by Gasteiger charge is 2.17. The highest BCUT2D eigenvalue weighted by molar-refractivity contribution is 5.87. The minimum Gasteiger partial charge on any atom is -0.478 e. The van der Waals surface area contributed by atoms with Crippen molar-refractivity contribution in [3.05, 3.63) is 34.2 Å². The molecular formula is C11H13NO4. The fraction of sp³-hybridized carbons (Fsp3) is 0.455. The van der Waals surface area contributed by atoms with E-state index in [0.717, 1.165) is 19.4 Å². The van der Waals surface area contributed by atoms with Crippen molar-refractivity contribution >= 4 is 5.97 Å². The third-order valence-corrected chi connectivity index (χ3v) is 2.65. The second kappa shape index (κ2) is 4.49. The number of ether oxygens (including phenoxy) is 1. The predicted molar refractivity (Wildman–Crippen MR) is 56.6 cm³/mol. The number of aromatic nitrogens is 1. The summed E-state index contributed by atoms with van der Waals surface area (Å²) >= 11 is 0. The molecule has 1 aromatic heterocycles. The highest BCUT2D eigenvalue weighted by Crippen LogP contribution is 2.13. The van der Waals surface area contributed by atoms with Crippen molar-refractivity contribution in [1.29, 1.82) is 0 Å². The van der Waals surface area contributed by atoms with Crippen molar-refractivity contribution < 1.29 is 14.6 Å². The van der Waals surface area contributed by atoms with Gasteiger partial charge in [-0.2, -0.15) is 0 Å². The Morgan fingerprint density at radius 3 is 3.00 bits per heavy atom. The highest BCUT2D eigenvalue weighted by atomic mass is 16.5. The molecule has 1 aromatic rings. The molecule has 5 nitrogen and oxygen atoms in total. The number of aromatic carboxylic acids is 1. The Labute approximate surface area is 92.3 Å². The van der Waals surface area contributed by atoms with Crippen LogP contribution in [0, 0.1) is 0 Å². The number of rotatable bonds is 3. The van der Waals surface area contributed by atoms with E-state index >= 15 is 0 Å². The SMILES string of the molecule is O=C(O)c1ccc(=O)n(CC2CCCO2)c1. The molecule has 5 heteroatoms. The summed E-state index contributed by atoms with van der Waals surface area (Å²) in [6.07, 6.45) is 3.32. The van der Waals surface area contributed by atoms with Gasteiger partial charge in [-0.1, -0.05) is 0 Å². The zero-order chi connectivity index (χ0) is 11.5. The van der Waals surface area contributed by atoms with E-state index in [-0.39, 0.29) is 17.2 Å². The van der Waals surface area contributed by atoms with Gasteiger partial charge in [-0.05, 0) is 18.9 Å². The molecule has 2 heterocycles. The van der Waals surface area contributed by atoms with Gasteiger partial charge in [0.25, 0.3) is 5.56 Å². The van der Waals surface area contributed by atoms with Crippen LogP contribution in [-0.2, 0) is 11.3 Å². The number of hydrogen-bond acceptors (Lipinski definition) is 3. The van der Waals surface area contributed by atoms with Crippen LogP contribution >= 0.6 is 0 Å². The van der Waals surface area contributed by atoms with Crippen LogP contribution in [0.15, 0.2) is 23.1 Å². The molecule has 1 N–H and O–H groups in total. The van der Waals surface area contributed by atoms with Crippen molar-refractivity contribution in [2.24, 2.45) is 0 Å². The maximum Gasteiger partial charge on any atom is 0.337 e. The van der Waals surface area contributed by atoms with Gasteiger partial charge in [0.2, 0.25) is 0 Å². The minimum atomic E-state index is -1.03. The van der Waals surface area contributed by atoms with Crippen LogP contribution in [0.2, 0.25) is 0 Å². The zero-order valence-electron chi connectivity index (χ0n) is 8.76. The lowest BCUT2D eigenvalue weighted by atomic mass is 10.2. The lowest BCUT2D eigenvalue weighted by Crippen LogP contribution is -2.26. The molecule has 1 unspecified atom stereocenters. The van der Waals surface area contributed by atoms with Crippen molar-refractivity contribution in [1.82, 2.24) is 4.57 Å². The Balaban J connectivity index is 2.21. The Hall–Kier alpha value is -1.62. The summed E-state index contributed by atoms with van der Waals surface area (Å²) < 4.78 is 6.81. The fourth-order valence-corrected chi connectivity index (χ4v) is 1.81. The summed E-state index contributed by atoms with van der Waals surface area (Å²) in [6, 6.07) is 2.59. The molecule has 0 radical (unpaired) electrons. The topological polar surface area (TPSA) is 68.5 Å². The lowest BCUT2D eigenvalue weighted by molar-refractivity contribution is 0.0693. The van der Waals surface area contributed by atoms with Crippen LogP contribution in [0.5, 0.6) is 0 Å². The molecule has 1 atom stereocenters. The van der Waals surface area contributed by atoms with Gasteiger partial charge < -0.3 is 14.4 Å². The maximum absolute atomic E-state index is 11.5. The Morgan fingerprint density at radius 2 is 2.38 bits per heavy atom. The van der Waals surface area contributed by atoms with Crippen molar-refractivity contribution in [2.45, 2.75) is 25.5 Å². The summed E-state index contributed by atoms with van der Waals surface area (Å²) in [5.74, 6) is -1.03. The first-order valence-electron chi connectivity index (χ1n) is 5.22. The molecule has 1 fully saturated rings. The smallest absolute Gasteiger partial charge is 0.337 e. The number of nitrogens with zero attached hydrogens (tertiary/aromatic N) is 1. The number of hydrogen-bond donors (Lipinski definition) is 1. The third-order valence-electron chi connectivity index (χ3n) is 2.65. The predicted octanol–water partition coefficient (Wildman–Crippen LogP) is 0.725. The van der Waals surface area contributed by atoms with Gasteiger partial charge in [0, 0.05) is 18.9 Å². The number of pyridine rings is 1. The quantitative estimate of drug-likeness (QED) is 0.820. The van der Waals surface area contributed by atoms with Crippen LogP contribution in [0.3, 0.4) is 0 Å². The molecule has 0 aromatic carbocycles. The molecule has 0 aliphatic carbocycles. The summed E-state index contributed by atoms with van der Waals surface area (Å²) in [5.41, 5.74) is -0.0712. The van der Waals surface area contributed by atoms with E-state index in [2.05, 4.69) is 0 Å². The average Bonchev–Trinajstić information content (AvgIpc) is 2.73. The number of carboxylic acid groups (broad SMARTS) is 1. The zero-order valence-corrected chi connectivity index (χ0v) is 8.76. The summed E-state index contributed by atoms with van der Waals surface area (Å²) in [7, 11) is 0. The third kappa shape index (κ3) is 2.30. The van der Waals surface area contributed by atoms with Crippen molar-refractivity contribution in [3.63, 3.8) is 0 Å². The molecule has 16 heavy (non-hydrogen) atoms. The maximum atomic E-state index is 11.5. The number of carbonyl (C=O) groups is 1. The fourth-order valence-electron chi connectivity index (χ4n) is 1.81. The standard InChI is InChI=1S/C11H13NO4/c13-10-4-3-8(11(14)15)6-12(10)7-9-2-1-5-16-9/h3-4,6,9H,1-2,5,7H2,(H,14,15). The van der Waals surface area contributed by atoms with Crippen LogP contribution < -0.4 is 5.56 Å². The normalized spacial score (nSPS) is 19.9. The molecule has 0 spiro atoms. The molecule has 0 saturated carbocycles. The first-order chi connectivity index (χ1) is 7.66. The Bertz CT molecular complexity index is 446. The molecule has 0 bridgehead atoms. The summed E-state index contributed by atoms with van der Waals surface area (Å²) in [5, 5.41) is 8.81. The molecular weight excluding hydrogens is 210 g/mol. The molecule has 86 valence electrons. The van der Waals surface area contributed by atoms with Gasteiger partial charge in [0.15, 0.2) is 0 Å². The van der Waals surface area contributed by atoms with E-state index in [1.54, 1.807) is 0 Å². The first kappa shape index (κ1) is 10.9. The van der Waals surface area contributed by atoms with Gasteiger partial charge in [-0.25, -0.2) is 4.79 Å². The summed E-state index contributed by atoms with van der Waals surface area (Å²) in [6.45, 7) is 1.15. The molecule has 1 aliphatic rings. The first-order valence-corrected chi connectivity index (χ1v) is 5.22. The van der Waals surface area contributed by atoms with Gasteiger partial charge in [0.1, 0.15) is 0 Å². The van der Waals surface area contributed by atoms with Crippen LogP contribution in [0.4, 0.5) is 0 Å². The van der Waals surface area contributed by atoms with Gasteiger partial charge in [0.05, 0.1) is 18.2 Å². The monoisotopic (exact) mass is 223 g/mol. The molecule has 2 rings (SSSR count). The van der Waals surface area contributed by atoms with E-state index in [4.69, 9.17) is 9.84 Å². The Kier molecular flexibility index (Phi) is 3.05. The van der Waals surface area contributed by atoms with E-state index in [1.165, 1.54) is 22.9 Å².